The zero-order valence-electron chi connectivity index (χ0n) is 11.8. The molecule has 128 valence electrons. The molecule has 3 unspecified atom stereocenters. The van der Waals surface area contributed by atoms with E-state index in [4.69, 9.17) is 4.74 Å². The molecule has 0 saturated heterocycles. The molecule has 2 bridgehead atoms. The number of hydrogen-bond acceptors (Lipinski definition) is 2. The van der Waals surface area contributed by atoms with Crippen LogP contribution >= 0.6 is 0 Å². The SMILES string of the molecule is C=COCC1C[C@@H]2CC(CC(O)(C(F)(F)F)C(F)(F)F)C1C2. The lowest BCUT2D eigenvalue weighted by Crippen LogP contribution is -2.58. The second-order valence-electron chi connectivity index (χ2n) is 6.32. The van der Waals surface area contributed by atoms with Crippen LogP contribution in [0.4, 0.5) is 26.3 Å². The minimum atomic E-state index is -5.74. The quantitative estimate of drug-likeness (QED) is 0.608. The molecule has 0 aromatic rings. The van der Waals surface area contributed by atoms with Gasteiger partial charge in [0, 0.05) is 0 Å². The Morgan fingerprint density at radius 3 is 2.00 bits per heavy atom. The zero-order valence-corrected chi connectivity index (χ0v) is 11.8. The van der Waals surface area contributed by atoms with Crippen LogP contribution in [0, 0.1) is 23.7 Å². The second kappa shape index (κ2) is 5.62. The van der Waals surface area contributed by atoms with Gasteiger partial charge in [-0.25, -0.2) is 0 Å². The fraction of sp³-hybridized carbons (Fsp3) is 0.857. The highest BCUT2D eigenvalue weighted by Gasteiger charge is 2.71. The number of fused-ring (bicyclic) bond motifs is 2. The molecule has 2 aliphatic rings. The van der Waals surface area contributed by atoms with E-state index in [1.165, 1.54) is 6.26 Å². The van der Waals surface area contributed by atoms with E-state index in [-0.39, 0.29) is 24.4 Å². The standard InChI is InChI=1S/C14H18F6O2/c1-2-22-7-10-4-8-3-9(11(10)5-8)6-12(21,13(15,16)17)14(18,19)20/h2,8-11,21H,1,3-7H2/t8-,9?,10?,11?/m0/s1. The molecule has 1 N–H and O–H groups in total. The molecule has 2 fully saturated rings. The summed E-state index contributed by atoms with van der Waals surface area (Å²) < 4.78 is 81.8. The minimum Gasteiger partial charge on any atom is -0.502 e. The summed E-state index contributed by atoms with van der Waals surface area (Å²) >= 11 is 0. The second-order valence-corrected chi connectivity index (χ2v) is 6.32. The molecule has 0 heterocycles. The maximum atomic E-state index is 12.8. The topological polar surface area (TPSA) is 29.5 Å². The maximum Gasteiger partial charge on any atom is 0.426 e. The van der Waals surface area contributed by atoms with Crippen molar-refractivity contribution >= 4 is 0 Å². The first-order chi connectivity index (χ1) is 9.99. The van der Waals surface area contributed by atoms with Crippen molar-refractivity contribution in [2.24, 2.45) is 23.7 Å². The summed E-state index contributed by atoms with van der Waals surface area (Å²) in [5, 5.41) is 9.34. The van der Waals surface area contributed by atoms with Crippen LogP contribution in [-0.4, -0.2) is 29.7 Å². The van der Waals surface area contributed by atoms with Gasteiger partial charge in [0.05, 0.1) is 12.9 Å². The Bertz CT molecular complexity index is 403. The van der Waals surface area contributed by atoms with Gasteiger partial charge in [-0.05, 0) is 49.4 Å². The molecular formula is C14H18F6O2. The normalized spacial score (nSPS) is 32.3. The monoisotopic (exact) mass is 332 g/mol. The summed E-state index contributed by atoms with van der Waals surface area (Å²) in [5.41, 5.74) is -4.64. The molecule has 0 amide bonds. The van der Waals surface area contributed by atoms with Crippen molar-refractivity contribution in [2.45, 2.75) is 43.6 Å². The van der Waals surface area contributed by atoms with Gasteiger partial charge < -0.3 is 9.84 Å². The van der Waals surface area contributed by atoms with E-state index < -0.39 is 30.3 Å². The van der Waals surface area contributed by atoms with Gasteiger partial charge in [0.25, 0.3) is 5.60 Å². The fourth-order valence-corrected chi connectivity index (χ4v) is 4.04. The Balaban J connectivity index is 2.13. The fourth-order valence-electron chi connectivity index (χ4n) is 4.04. The van der Waals surface area contributed by atoms with Crippen molar-refractivity contribution in [2.75, 3.05) is 6.61 Å². The smallest absolute Gasteiger partial charge is 0.426 e. The Hall–Kier alpha value is -0.920. The number of alkyl halides is 6. The first-order valence-corrected chi connectivity index (χ1v) is 7.08. The van der Waals surface area contributed by atoms with Crippen LogP contribution in [-0.2, 0) is 4.74 Å². The van der Waals surface area contributed by atoms with E-state index in [1.807, 2.05) is 0 Å². The summed E-state index contributed by atoms with van der Waals surface area (Å²) in [7, 11) is 0. The van der Waals surface area contributed by atoms with Crippen molar-refractivity contribution < 1.29 is 36.2 Å². The molecule has 0 radical (unpaired) electrons. The van der Waals surface area contributed by atoms with Gasteiger partial charge >= 0.3 is 12.4 Å². The van der Waals surface area contributed by atoms with Gasteiger partial charge in [-0.15, -0.1) is 0 Å². The summed E-state index contributed by atoms with van der Waals surface area (Å²) in [6, 6.07) is 0. The lowest BCUT2D eigenvalue weighted by molar-refractivity contribution is -0.373. The van der Waals surface area contributed by atoms with Gasteiger partial charge in [0.15, 0.2) is 0 Å². The lowest BCUT2D eigenvalue weighted by Gasteiger charge is -2.38. The van der Waals surface area contributed by atoms with Crippen LogP contribution in [0.2, 0.25) is 0 Å². The van der Waals surface area contributed by atoms with Crippen LogP contribution in [0.1, 0.15) is 25.7 Å². The molecule has 8 heteroatoms. The predicted octanol–water partition coefficient (Wildman–Crippen LogP) is 4.05. The third kappa shape index (κ3) is 2.94. The molecule has 2 nitrogen and oxygen atoms in total. The Labute approximate surface area is 124 Å². The highest BCUT2D eigenvalue weighted by atomic mass is 19.4. The van der Waals surface area contributed by atoms with Crippen molar-refractivity contribution in [1.82, 2.24) is 0 Å². The van der Waals surface area contributed by atoms with Gasteiger partial charge in [-0.3, -0.25) is 0 Å². The largest absolute Gasteiger partial charge is 0.502 e. The van der Waals surface area contributed by atoms with Crippen molar-refractivity contribution in [1.29, 1.82) is 0 Å². The van der Waals surface area contributed by atoms with E-state index in [1.54, 1.807) is 0 Å². The first kappa shape index (κ1) is 17.4. The van der Waals surface area contributed by atoms with Crippen LogP contribution in [0.3, 0.4) is 0 Å². The van der Waals surface area contributed by atoms with Crippen LogP contribution in [0.25, 0.3) is 0 Å². The van der Waals surface area contributed by atoms with E-state index in [2.05, 4.69) is 6.58 Å². The van der Waals surface area contributed by atoms with Gasteiger partial charge in [0.1, 0.15) is 0 Å². The van der Waals surface area contributed by atoms with Gasteiger partial charge in [0.2, 0.25) is 0 Å². The van der Waals surface area contributed by atoms with Crippen LogP contribution in [0.15, 0.2) is 12.8 Å². The maximum absolute atomic E-state index is 12.8. The molecule has 0 aromatic carbocycles. The van der Waals surface area contributed by atoms with Gasteiger partial charge in [-0.2, -0.15) is 26.3 Å². The van der Waals surface area contributed by atoms with Crippen LogP contribution in [0.5, 0.6) is 0 Å². The molecule has 0 spiro atoms. The third-order valence-electron chi connectivity index (χ3n) is 5.01. The summed E-state index contributed by atoms with van der Waals surface area (Å²) in [6.07, 6.45) is -9.95. The third-order valence-corrected chi connectivity index (χ3v) is 5.01. The van der Waals surface area contributed by atoms with E-state index in [9.17, 15) is 31.4 Å². The molecule has 2 rings (SSSR count). The number of halogens is 6. The van der Waals surface area contributed by atoms with Crippen molar-refractivity contribution in [3.63, 3.8) is 0 Å². The lowest BCUT2D eigenvalue weighted by atomic mass is 9.75. The molecule has 2 aliphatic carbocycles. The average molecular weight is 332 g/mol. The average Bonchev–Trinajstić information content (AvgIpc) is 2.92. The molecule has 22 heavy (non-hydrogen) atoms. The first-order valence-electron chi connectivity index (χ1n) is 7.08. The van der Waals surface area contributed by atoms with E-state index >= 15 is 0 Å². The Morgan fingerprint density at radius 1 is 1.00 bits per heavy atom. The highest BCUT2D eigenvalue weighted by Crippen LogP contribution is 2.57. The zero-order chi connectivity index (χ0) is 16.8. The molecule has 0 aromatic heterocycles. The Morgan fingerprint density at radius 2 is 1.55 bits per heavy atom. The molecule has 2 saturated carbocycles. The highest BCUT2D eigenvalue weighted by molar-refractivity contribution is 5.02. The number of ether oxygens (including phenoxy) is 1. The summed E-state index contributed by atoms with van der Waals surface area (Å²) in [5.74, 6) is -1.04. The Kier molecular flexibility index (Phi) is 4.45. The molecule has 0 aliphatic heterocycles. The molecular weight excluding hydrogens is 314 g/mol. The number of aliphatic hydroxyl groups is 1. The van der Waals surface area contributed by atoms with Crippen molar-refractivity contribution in [3.8, 4) is 0 Å². The van der Waals surface area contributed by atoms with E-state index in [0.29, 0.717) is 12.8 Å². The van der Waals surface area contributed by atoms with Crippen LogP contribution < -0.4 is 0 Å². The van der Waals surface area contributed by atoms with E-state index in [0.717, 1.165) is 6.42 Å². The predicted molar refractivity (Wildman–Crippen MR) is 65.6 cm³/mol. The molecule has 4 atom stereocenters. The minimum absolute atomic E-state index is 0.0764. The number of hydrogen-bond donors (Lipinski definition) is 1. The van der Waals surface area contributed by atoms with Crippen molar-refractivity contribution in [3.05, 3.63) is 12.8 Å². The summed E-state index contributed by atoms with van der Waals surface area (Å²) in [6.45, 7) is 3.61. The summed E-state index contributed by atoms with van der Waals surface area (Å²) in [4.78, 5) is 0. The number of rotatable bonds is 5. The van der Waals surface area contributed by atoms with Gasteiger partial charge in [-0.1, -0.05) is 6.58 Å².